The number of hydrogen-bond donors (Lipinski definition) is 0. The van der Waals surface area contributed by atoms with Gasteiger partial charge in [0, 0.05) is 11.7 Å². The lowest BCUT2D eigenvalue weighted by molar-refractivity contribution is -0.118. The Kier molecular flexibility index (Phi) is 2.63. The van der Waals surface area contributed by atoms with Crippen molar-refractivity contribution in [2.45, 2.75) is 25.8 Å². The molecule has 0 fully saturated rings. The summed E-state index contributed by atoms with van der Waals surface area (Å²) in [4.78, 5) is 18.2. The Labute approximate surface area is 105 Å². The maximum Gasteiger partial charge on any atom is 0.233 e. The zero-order valence-corrected chi connectivity index (χ0v) is 10.2. The summed E-state index contributed by atoms with van der Waals surface area (Å²) in [6.45, 7) is 2.07. The molecule has 4 heteroatoms. The van der Waals surface area contributed by atoms with Crippen molar-refractivity contribution in [3.8, 4) is 0 Å². The van der Waals surface area contributed by atoms with Crippen LogP contribution < -0.4 is 4.90 Å². The molecule has 4 nitrogen and oxygen atoms in total. The highest BCUT2D eigenvalue weighted by atomic mass is 16.3. The van der Waals surface area contributed by atoms with Crippen molar-refractivity contribution in [1.29, 1.82) is 0 Å². The number of fused-ring (bicyclic) bond motifs is 1. The van der Waals surface area contributed by atoms with E-state index in [4.69, 9.17) is 4.42 Å². The van der Waals surface area contributed by atoms with Gasteiger partial charge in [0.05, 0.1) is 12.1 Å². The molecule has 1 unspecified atom stereocenters. The summed E-state index contributed by atoms with van der Waals surface area (Å²) in [5.74, 6) is 0.0707. The third kappa shape index (κ3) is 1.79. The van der Waals surface area contributed by atoms with Crippen LogP contribution in [0.2, 0.25) is 0 Å². The van der Waals surface area contributed by atoms with Crippen molar-refractivity contribution in [2.24, 2.45) is 0 Å². The van der Waals surface area contributed by atoms with Gasteiger partial charge in [0.25, 0.3) is 0 Å². The van der Waals surface area contributed by atoms with Crippen molar-refractivity contribution in [3.05, 3.63) is 48.2 Å². The largest absolute Gasteiger partial charge is 0.451 e. The molecule has 0 radical (unpaired) electrons. The molecule has 0 saturated heterocycles. The SMILES string of the molecule is CC1Cc2ccccc2N1C(=O)Cc1cocn1. The van der Waals surface area contributed by atoms with Gasteiger partial charge in [-0.05, 0) is 25.0 Å². The van der Waals surface area contributed by atoms with Gasteiger partial charge in [-0.2, -0.15) is 0 Å². The van der Waals surface area contributed by atoms with Crippen LogP contribution in [-0.2, 0) is 17.6 Å². The van der Waals surface area contributed by atoms with Gasteiger partial charge in [-0.3, -0.25) is 4.79 Å². The Balaban J connectivity index is 1.86. The zero-order valence-electron chi connectivity index (χ0n) is 10.2. The second-order valence-electron chi connectivity index (χ2n) is 4.60. The van der Waals surface area contributed by atoms with Crippen LogP contribution in [0.3, 0.4) is 0 Å². The number of carbonyl (C=O) groups is 1. The van der Waals surface area contributed by atoms with Gasteiger partial charge in [-0.15, -0.1) is 0 Å². The molecule has 0 saturated carbocycles. The summed E-state index contributed by atoms with van der Waals surface area (Å²) in [6, 6.07) is 8.26. The quantitative estimate of drug-likeness (QED) is 0.811. The van der Waals surface area contributed by atoms with Crippen molar-refractivity contribution in [2.75, 3.05) is 4.90 Å². The number of benzene rings is 1. The van der Waals surface area contributed by atoms with E-state index in [0.29, 0.717) is 5.69 Å². The van der Waals surface area contributed by atoms with Gasteiger partial charge >= 0.3 is 0 Å². The number of nitrogens with zero attached hydrogens (tertiary/aromatic N) is 2. The standard InChI is InChI=1S/C14H14N2O2/c1-10-6-11-4-2-3-5-13(11)16(10)14(17)7-12-8-18-9-15-12/h2-5,8-10H,6-7H2,1H3. The molecule has 2 heterocycles. The Morgan fingerprint density at radius 3 is 3.11 bits per heavy atom. The van der Waals surface area contributed by atoms with Gasteiger partial charge in [0.15, 0.2) is 6.39 Å². The molecule has 1 aliphatic rings. The monoisotopic (exact) mass is 242 g/mol. The maximum atomic E-state index is 12.3. The molecule has 92 valence electrons. The van der Waals surface area contributed by atoms with E-state index in [-0.39, 0.29) is 18.4 Å². The van der Waals surface area contributed by atoms with E-state index in [1.54, 1.807) is 0 Å². The molecule has 0 bridgehead atoms. The highest BCUT2D eigenvalue weighted by molar-refractivity contribution is 5.97. The Bertz CT molecular complexity index is 563. The van der Waals surface area contributed by atoms with E-state index in [1.165, 1.54) is 18.2 Å². The molecule has 1 aromatic carbocycles. The Morgan fingerprint density at radius 1 is 1.50 bits per heavy atom. The van der Waals surface area contributed by atoms with Gasteiger partial charge in [-0.1, -0.05) is 18.2 Å². The van der Waals surface area contributed by atoms with Crippen molar-refractivity contribution in [3.63, 3.8) is 0 Å². The van der Waals surface area contributed by atoms with E-state index >= 15 is 0 Å². The second kappa shape index (κ2) is 4.29. The van der Waals surface area contributed by atoms with E-state index in [1.807, 2.05) is 23.1 Å². The molecule has 2 aromatic rings. The summed E-state index contributed by atoms with van der Waals surface area (Å²) in [6.07, 6.45) is 4.07. The van der Waals surface area contributed by atoms with E-state index in [0.717, 1.165) is 12.1 Å². The van der Waals surface area contributed by atoms with Crippen LogP contribution in [0.5, 0.6) is 0 Å². The first kappa shape index (κ1) is 11.0. The second-order valence-corrected chi connectivity index (χ2v) is 4.60. The van der Waals surface area contributed by atoms with Crippen LogP contribution in [0.25, 0.3) is 0 Å². The van der Waals surface area contributed by atoms with Crippen LogP contribution >= 0.6 is 0 Å². The lowest BCUT2D eigenvalue weighted by Gasteiger charge is -2.22. The topological polar surface area (TPSA) is 46.3 Å². The first-order chi connectivity index (χ1) is 8.75. The predicted octanol–water partition coefficient (Wildman–Crippen LogP) is 2.19. The number of para-hydroxylation sites is 1. The first-order valence-electron chi connectivity index (χ1n) is 6.03. The van der Waals surface area contributed by atoms with Crippen molar-refractivity contribution < 1.29 is 9.21 Å². The summed E-state index contributed by atoms with van der Waals surface area (Å²) in [7, 11) is 0. The van der Waals surface area contributed by atoms with Gasteiger partial charge in [0.1, 0.15) is 6.26 Å². The third-order valence-corrected chi connectivity index (χ3v) is 3.29. The minimum Gasteiger partial charge on any atom is -0.451 e. The minimum atomic E-state index is 0.0707. The summed E-state index contributed by atoms with van der Waals surface area (Å²) >= 11 is 0. The Morgan fingerprint density at radius 2 is 2.33 bits per heavy atom. The minimum absolute atomic E-state index is 0.0707. The summed E-state index contributed by atoms with van der Waals surface area (Å²) in [5, 5.41) is 0. The number of hydrogen-bond acceptors (Lipinski definition) is 3. The maximum absolute atomic E-state index is 12.3. The normalized spacial score (nSPS) is 17.8. The third-order valence-electron chi connectivity index (χ3n) is 3.29. The van der Waals surface area contributed by atoms with E-state index < -0.39 is 0 Å². The molecule has 1 amide bonds. The molecule has 3 rings (SSSR count). The number of rotatable bonds is 2. The fourth-order valence-corrected chi connectivity index (χ4v) is 2.51. The van der Waals surface area contributed by atoms with Gasteiger partial charge < -0.3 is 9.32 Å². The van der Waals surface area contributed by atoms with Crippen molar-refractivity contribution in [1.82, 2.24) is 4.98 Å². The highest BCUT2D eigenvalue weighted by Gasteiger charge is 2.30. The van der Waals surface area contributed by atoms with E-state index in [9.17, 15) is 4.79 Å². The molecular formula is C14H14N2O2. The zero-order chi connectivity index (χ0) is 12.5. The number of oxazole rings is 1. The lowest BCUT2D eigenvalue weighted by Crippen LogP contribution is -2.36. The molecule has 0 aliphatic carbocycles. The summed E-state index contributed by atoms with van der Waals surface area (Å²) < 4.78 is 4.89. The molecule has 0 N–H and O–H groups in total. The van der Waals surface area contributed by atoms with Crippen LogP contribution in [0.4, 0.5) is 5.69 Å². The van der Waals surface area contributed by atoms with Crippen LogP contribution in [0.15, 0.2) is 41.3 Å². The van der Waals surface area contributed by atoms with Crippen molar-refractivity contribution >= 4 is 11.6 Å². The van der Waals surface area contributed by atoms with Crippen LogP contribution in [-0.4, -0.2) is 16.9 Å². The molecular weight excluding hydrogens is 228 g/mol. The van der Waals surface area contributed by atoms with Gasteiger partial charge in [0.2, 0.25) is 5.91 Å². The average Bonchev–Trinajstić information content (AvgIpc) is 2.94. The van der Waals surface area contributed by atoms with Crippen LogP contribution in [0, 0.1) is 0 Å². The molecule has 1 aromatic heterocycles. The van der Waals surface area contributed by atoms with Gasteiger partial charge in [-0.25, -0.2) is 4.98 Å². The smallest absolute Gasteiger partial charge is 0.233 e. The molecule has 18 heavy (non-hydrogen) atoms. The number of anilines is 1. The number of carbonyl (C=O) groups excluding carboxylic acids is 1. The molecule has 1 aliphatic heterocycles. The Hall–Kier alpha value is -2.10. The highest BCUT2D eigenvalue weighted by Crippen LogP contribution is 2.32. The average molecular weight is 242 g/mol. The summed E-state index contributed by atoms with van der Waals surface area (Å²) in [5.41, 5.74) is 2.94. The number of amides is 1. The lowest BCUT2D eigenvalue weighted by atomic mass is 10.1. The molecule has 1 atom stereocenters. The molecule has 0 spiro atoms. The predicted molar refractivity (Wildman–Crippen MR) is 67.3 cm³/mol. The van der Waals surface area contributed by atoms with E-state index in [2.05, 4.69) is 18.0 Å². The van der Waals surface area contributed by atoms with Crippen LogP contribution in [0.1, 0.15) is 18.2 Å². The first-order valence-corrected chi connectivity index (χ1v) is 6.03. The number of aromatic nitrogens is 1. The fourth-order valence-electron chi connectivity index (χ4n) is 2.51. The fraction of sp³-hybridized carbons (Fsp3) is 0.286.